The number of nitrogens with zero attached hydrogens (tertiary/aromatic N) is 3. The van der Waals surface area contributed by atoms with Crippen molar-refractivity contribution in [3.05, 3.63) is 0 Å². The first-order chi connectivity index (χ1) is 4.63. The smallest absolute Gasteiger partial charge is 0.136 e. The molecule has 0 fully saturated rings. The van der Waals surface area contributed by atoms with E-state index in [1.807, 2.05) is 12.1 Å². The van der Waals surface area contributed by atoms with Crippen LogP contribution in [-0.4, -0.2) is 29.0 Å². The van der Waals surface area contributed by atoms with Crippen molar-refractivity contribution in [1.82, 2.24) is 9.43 Å². The van der Waals surface area contributed by atoms with Crippen molar-refractivity contribution in [1.29, 1.82) is 0 Å². The summed E-state index contributed by atoms with van der Waals surface area (Å²) < 4.78 is 1.60. The summed E-state index contributed by atoms with van der Waals surface area (Å²) in [6, 6.07) is 0. The standard InChI is InChI=1S/C6H12ClN3/c1-5(2)6-9(3)8-4-10(6)7/h4-6H,1-3H3. The van der Waals surface area contributed by atoms with Gasteiger partial charge in [0.05, 0.1) is 0 Å². The second-order valence-corrected chi connectivity index (χ2v) is 3.20. The largest absolute Gasteiger partial charge is 0.275 e. The van der Waals surface area contributed by atoms with Gasteiger partial charge in [0.25, 0.3) is 0 Å². The van der Waals surface area contributed by atoms with Crippen molar-refractivity contribution in [2.45, 2.75) is 20.0 Å². The molecule has 0 saturated carbocycles. The van der Waals surface area contributed by atoms with E-state index in [4.69, 9.17) is 11.8 Å². The van der Waals surface area contributed by atoms with E-state index in [2.05, 4.69) is 18.9 Å². The predicted octanol–water partition coefficient (Wildman–Crippen LogP) is 1.31. The van der Waals surface area contributed by atoms with E-state index >= 15 is 0 Å². The van der Waals surface area contributed by atoms with Crippen molar-refractivity contribution in [3.8, 4) is 0 Å². The van der Waals surface area contributed by atoms with Gasteiger partial charge in [-0.25, -0.2) is 4.42 Å². The number of hydrazone groups is 1. The van der Waals surface area contributed by atoms with Gasteiger partial charge < -0.3 is 0 Å². The molecule has 4 heteroatoms. The molecule has 1 aliphatic heterocycles. The minimum absolute atomic E-state index is 0.210. The molecule has 0 spiro atoms. The number of hydrogen-bond acceptors (Lipinski definition) is 3. The second-order valence-electron chi connectivity index (χ2n) is 2.81. The molecule has 0 bridgehead atoms. The van der Waals surface area contributed by atoms with Gasteiger partial charge in [0.1, 0.15) is 12.5 Å². The molecule has 3 nitrogen and oxygen atoms in total. The van der Waals surface area contributed by atoms with Crippen molar-refractivity contribution in [2.75, 3.05) is 7.05 Å². The first-order valence-electron chi connectivity index (χ1n) is 3.34. The van der Waals surface area contributed by atoms with E-state index in [1.54, 1.807) is 10.8 Å². The number of halogens is 1. The number of hydrogen-bond donors (Lipinski definition) is 0. The SMILES string of the molecule is CC(C)C1N(Cl)C=NN1C. The zero-order chi connectivity index (χ0) is 7.72. The minimum Gasteiger partial charge on any atom is -0.275 e. The lowest BCUT2D eigenvalue weighted by Crippen LogP contribution is -2.36. The number of rotatable bonds is 1. The molecular formula is C6H12ClN3. The summed E-state index contributed by atoms with van der Waals surface area (Å²) in [4.78, 5) is 0. The fraction of sp³-hybridized carbons (Fsp3) is 0.833. The first-order valence-corrected chi connectivity index (χ1v) is 3.68. The van der Waals surface area contributed by atoms with Crippen LogP contribution in [0.5, 0.6) is 0 Å². The molecule has 0 amide bonds. The topological polar surface area (TPSA) is 18.8 Å². The molecule has 1 aliphatic rings. The third kappa shape index (κ3) is 1.19. The summed E-state index contributed by atoms with van der Waals surface area (Å²) in [6.45, 7) is 4.23. The van der Waals surface area contributed by atoms with Gasteiger partial charge in [-0.3, -0.25) is 5.01 Å². The van der Waals surface area contributed by atoms with Crippen LogP contribution in [0, 0.1) is 5.92 Å². The van der Waals surface area contributed by atoms with Gasteiger partial charge in [-0.1, -0.05) is 13.8 Å². The van der Waals surface area contributed by atoms with Gasteiger partial charge in [-0.15, -0.1) is 0 Å². The lowest BCUT2D eigenvalue weighted by atomic mass is 10.1. The van der Waals surface area contributed by atoms with Crippen LogP contribution < -0.4 is 0 Å². The third-order valence-corrected chi connectivity index (χ3v) is 1.86. The van der Waals surface area contributed by atoms with Gasteiger partial charge >= 0.3 is 0 Å². The lowest BCUT2D eigenvalue weighted by Gasteiger charge is -2.26. The molecule has 0 aromatic carbocycles. The zero-order valence-electron chi connectivity index (χ0n) is 6.45. The zero-order valence-corrected chi connectivity index (χ0v) is 7.21. The molecule has 1 heterocycles. The molecule has 0 N–H and O–H groups in total. The van der Waals surface area contributed by atoms with Crippen LogP contribution in [0.3, 0.4) is 0 Å². The van der Waals surface area contributed by atoms with Gasteiger partial charge in [0, 0.05) is 18.8 Å². The van der Waals surface area contributed by atoms with E-state index in [0.717, 1.165) is 0 Å². The average Bonchev–Trinajstić information content (AvgIpc) is 2.11. The normalized spacial score (nSPS) is 25.1. The Kier molecular flexibility index (Phi) is 2.04. The monoisotopic (exact) mass is 161 g/mol. The van der Waals surface area contributed by atoms with Crippen molar-refractivity contribution < 1.29 is 0 Å². The van der Waals surface area contributed by atoms with E-state index in [1.165, 1.54) is 0 Å². The summed E-state index contributed by atoms with van der Waals surface area (Å²) in [5.41, 5.74) is 0. The summed E-state index contributed by atoms with van der Waals surface area (Å²) in [5.74, 6) is 0.491. The Morgan fingerprint density at radius 1 is 1.60 bits per heavy atom. The van der Waals surface area contributed by atoms with Crippen LogP contribution in [-0.2, 0) is 0 Å². The highest BCUT2D eigenvalue weighted by atomic mass is 35.5. The fourth-order valence-electron chi connectivity index (χ4n) is 1.14. The van der Waals surface area contributed by atoms with E-state index < -0.39 is 0 Å². The van der Waals surface area contributed by atoms with Crippen LogP contribution in [0.15, 0.2) is 5.10 Å². The Bertz CT molecular complexity index is 134. The summed E-state index contributed by atoms with van der Waals surface area (Å²) in [5, 5.41) is 5.88. The van der Waals surface area contributed by atoms with Crippen molar-refractivity contribution >= 4 is 18.1 Å². The summed E-state index contributed by atoms with van der Waals surface area (Å²) >= 11 is 5.81. The van der Waals surface area contributed by atoms with E-state index in [9.17, 15) is 0 Å². The Morgan fingerprint density at radius 2 is 2.20 bits per heavy atom. The van der Waals surface area contributed by atoms with Crippen LogP contribution >= 0.6 is 11.8 Å². The Labute approximate surface area is 66.4 Å². The van der Waals surface area contributed by atoms with Crippen molar-refractivity contribution in [3.63, 3.8) is 0 Å². The quantitative estimate of drug-likeness (QED) is 0.540. The molecule has 1 atom stereocenters. The second kappa shape index (κ2) is 2.66. The van der Waals surface area contributed by atoms with Gasteiger partial charge in [-0.2, -0.15) is 5.10 Å². The molecule has 1 rings (SSSR count). The molecule has 0 aliphatic carbocycles. The minimum atomic E-state index is 0.210. The maximum Gasteiger partial charge on any atom is 0.136 e. The molecule has 10 heavy (non-hydrogen) atoms. The molecule has 0 radical (unpaired) electrons. The highest BCUT2D eigenvalue weighted by Crippen LogP contribution is 2.19. The summed E-state index contributed by atoms with van der Waals surface area (Å²) in [7, 11) is 1.92. The Balaban J connectivity index is 2.60. The summed E-state index contributed by atoms with van der Waals surface area (Å²) in [6.07, 6.45) is 1.84. The Morgan fingerprint density at radius 3 is 2.40 bits per heavy atom. The highest BCUT2D eigenvalue weighted by molar-refractivity contribution is 6.19. The average molecular weight is 162 g/mol. The maximum absolute atomic E-state index is 5.81. The molecule has 58 valence electrons. The third-order valence-electron chi connectivity index (χ3n) is 1.58. The fourth-order valence-corrected chi connectivity index (χ4v) is 1.53. The molecule has 1 unspecified atom stereocenters. The Hall–Kier alpha value is -0.440. The van der Waals surface area contributed by atoms with Gasteiger partial charge in [0.15, 0.2) is 0 Å². The van der Waals surface area contributed by atoms with E-state index in [-0.39, 0.29) is 6.17 Å². The van der Waals surface area contributed by atoms with Crippen LogP contribution in [0.1, 0.15) is 13.8 Å². The highest BCUT2D eigenvalue weighted by Gasteiger charge is 2.26. The van der Waals surface area contributed by atoms with Crippen LogP contribution in [0.25, 0.3) is 0 Å². The predicted molar refractivity (Wildman–Crippen MR) is 42.6 cm³/mol. The lowest BCUT2D eigenvalue weighted by molar-refractivity contribution is 0.162. The van der Waals surface area contributed by atoms with Crippen LogP contribution in [0.4, 0.5) is 0 Å². The molecule has 0 saturated heterocycles. The van der Waals surface area contributed by atoms with Crippen molar-refractivity contribution in [2.24, 2.45) is 11.0 Å². The van der Waals surface area contributed by atoms with E-state index in [0.29, 0.717) is 5.92 Å². The van der Waals surface area contributed by atoms with Gasteiger partial charge in [0.2, 0.25) is 0 Å². The van der Waals surface area contributed by atoms with Gasteiger partial charge in [-0.05, 0) is 5.92 Å². The maximum atomic E-state index is 5.81. The first kappa shape index (κ1) is 7.66. The molecular weight excluding hydrogens is 150 g/mol. The van der Waals surface area contributed by atoms with Crippen LogP contribution in [0.2, 0.25) is 0 Å². The molecule has 0 aromatic rings. The molecule has 0 aromatic heterocycles.